The van der Waals surface area contributed by atoms with Gasteiger partial charge in [0.15, 0.2) is 11.5 Å². The van der Waals surface area contributed by atoms with Crippen molar-refractivity contribution < 1.29 is 41.7 Å². The van der Waals surface area contributed by atoms with Crippen molar-refractivity contribution in [2.24, 2.45) is 23.7 Å². The number of carbonyl (C=O) groups excluding carboxylic acids is 1. The van der Waals surface area contributed by atoms with Crippen LogP contribution in [0, 0.1) is 29.5 Å². The van der Waals surface area contributed by atoms with E-state index in [1.807, 2.05) is 0 Å². The number of carbonyl (C=O) groups is 2. The molecule has 55 heavy (non-hydrogen) atoms. The van der Waals surface area contributed by atoms with E-state index in [4.69, 9.17) is 9.47 Å². The Morgan fingerprint density at radius 1 is 0.927 bits per heavy atom. The molecule has 1 amide bonds. The number of alkyl halides is 3. The van der Waals surface area contributed by atoms with Crippen molar-refractivity contribution in [1.29, 1.82) is 0 Å². The van der Waals surface area contributed by atoms with E-state index in [1.165, 1.54) is 11.0 Å². The van der Waals surface area contributed by atoms with Gasteiger partial charge in [-0.15, -0.1) is 0 Å². The van der Waals surface area contributed by atoms with Crippen LogP contribution in [0.15, 0.2) is 36.8 Å². The Hall–Kier alpha value is -4.60. The third-order valence-corrected chi connectivity index (χ3v) is 13.3. The molecule has 0 radical (unpaired) electrons. The smallest absolute Gasteiger partial charge is 0.434 e. The molecule has 2 N–H and O–H groups in total. The lowest BCUT2D eigenvalue weighted by Crippen LogP contribution is -2.66. The van der Waals surface area contributed by atoms with Crippen LogP contribution in [0.1, 0.15) is 85.8 Å². The fourth-order valence-electron chi connectivity index (χ4n) is 10.8. The van der Waals surface area contributed by atoms with Gasteiger partial charge in [0.2, 0.25) is 11.9 Å². The van der Waals surface area contributed by atoms with Crippen LogP contribution in [-0.4, -0.2) is 81.4 Å². The minimum absolute atomic E-state index is 0.0605. The largest absolute Gasteiger partial charge is 0.490 e. The van der Waals surface area contributed by atoms with E-state index in [9.17, 15) is 27.9 Å². The van der Waals surface area contributed by atoms with Crippen molar-refractivity contribution in [2.75, 3.05) is 42.6 Å². The van der Waals surface area contributed by atoms with Gasteiger partial charge >= 0.3 is 12.1 Å². The summed E-state index contributed by atoms with van der Waals surface area (Å²) in [6, 6.07) is 4.79. The Bertz CT molecular complexity index is 1960. The third kappa shape index (κ3) is 6.24. The van der Waals surface area contributed by atoms with Crippen molar-refractivity contribution in [3.05, 3.63) is 59.4 Å². The second-order valence-electron chi connectivity index (χ2n) is 16.3. The van der Waals surface area contributed by atoms with Crippen LogP contribution < -0.4 is 19.9 Å². The van der Waals surface area contributed by atoms with Gasteiger partial charge in [0.05, 0.1) is 11.3 Å². The number of fused-ring (bicyclic) bond motifs is 3. The number of nitrogens with one attached hydrogen (secondary N) is 1. The number of carboxylic acids is 1. The molecule has 5 unspecified atom stereocenters. The first-order chi connectivity index (χ1) is 26.4. The van der Waals surface area contributed by atoms with Gasteiger partial charge in [-0.1, -0.05) is 6.42 Å². The Kier molecular flexibility index (Phi) is 8.89. The predicted molar refractivity (Wildman–Crippen MR) is 190 cm³/mol. The molecule has 3 aromatic rings. The number of halogens is 4. The summed E-state index contributed by atoms with van der Waals surface area (Å²) in [5, 5.41) is 13.2. The summed E-state index contributed by atoms with van der Waals surface area (Å²) in [5.74, 6) is -2.58. The number of benzene rings is 1. The number of aromatic nitrogens is 4. The fraction of sp³-hybridized carbons (Fsp3) is 0.590. The molecule has 2 saturated heterocycles. The summed E-state index contributed by atoms with van der Waals surface area (Å²) in [6.45, 7) is 2.16. The lowest BCUT2D eigenvalue weighted by molar-refractivity contribution is -0.154. The van der Waals surface area contributed by atoms with Crippen molar-refractivity contribution in [3.8, 4) is 5.75 Å². The van der Waals surface area contributed by atoms with Crippen LogP contribution in [0.3, 0.4) is 0 Å². The van der Waals surface area contributed by atoms with Gasteiger partial charge in [-0.25, -0.2) is 29.1 Å². The van der Waals surface area contributed by atoms with E-state index >= 15 is 4.39 Å². The van der Waals surface area contributed by atoms with Crippen LogP contribution >= 0.6 is 0 Å². The number of hydrogen-bond acceptors (Lipinski definition) is 10. The quantitative estimate of drug-likeness (QED) is 0.271. The molecule has 4 saturated carbocycles. The van der Waals surface area contributed by atoms with Gasteiger partial charge in [-0.2, -0.15) is 13.2 Å². The lowest BCUT2D eigenvalue weighted by atomic mass is 9.58. The summed E-state index contributed by atoms with van der Waals surface area (Å²) >= 11 is 0. The van der Waals surface area contributed by atoms with E-state index in [2.05, 4.69) is 30.2 Å². The van der Waals surface area contributed by atoms with Gasteiger partial charge < -0.3 is 29.7 Å². The van der Waals surface area contributed by atoms with Gasteiger partial charge in [-0.05, 0) is 86.3 Å². The predicted octanol–water partition coefficient (Wildman–Crippen LogP) is 6.07. The van der Waals surface area contributed by atoms with Gasteiger partial charge in [0, 0.05) is 75.8 Å². The first kappa shape index (κ1) is 36.1. The molecule has 2 aromatic heterocycles. The fourth-order valence-corrected chi connectivity index (χ4v) is 10.8. The summed E-state index contributed by atoms with van der Waals surface area (Å²) in [7, 11) is 0. The Balaban J connectivity index is 1.01. The molecule has 1 spiro atoms. The number of piperidine rings is 1. The molecule has 3 aliphatic heterocycles. The number of anilines is 3. The molecule has 4 bridgehead atoms. The molecule has 16 heteroatoms. The minimum atomic E-state index is -5.10. The average molecular weight is 766 g/mol. The maximum atomic E-state index is 16.4. The lowest BCUT2D eigenvalue weighted by Gasteiger charge is -2.50. The van der Waals surface area contributed by atoms with Crippen LogP contribution in [0.2, 0.25) is 0 Å². The zero-order valence-electron chi connectivity index (χ0n) is 30.2. The van der Waals surface area contributed by atoms with Crippen molar-refractivity contribution in [3.63, 3.8) is 0 Å². The highest BCUT2D eigenvalue weighted by molar-refractivity contribution is 5.99. The zero-order valence-corrected chi connectivity index (χ0v) is 30.2. The van der Waals surface area contributed by atoms with Crippen LogP contribution in [0.5, 0.6) is 5.75 Å². The van der Waals surface area contributed by atoms with Gasteiger partial charge in [0.1, 0.15) is 17.4 Å². The van der Waals surface area contributed by atoms with Gasteiger partial charge in [-0.3, -0.25) is 4.79 Å². The van der Waals surface area contributed by atoms with E-state index in [0.717, 1.165) is 19.0 Å². The Labute approximate surface area is 315 Å². The maximum Gasteiger partial charge on any atom is 0.434 e. The van der Waals surface area contributed by atoms with E-state index in [-0.39, 0.29) is 30.2 Å². The molecule has 1 aromatic carbocycles. The number of ether oxygens (including phenoxy) is 2. The van der Waals surface area contributed by atoms with Crippen molar-refractivity contribution in [2.45, 2.75) is 87.4 Å². The number of amides is 1. The second kappa shape index (κ2) is 13.6. The minimum Gasteiger partial charge on any atom is -0.490 e. The van der Waals surface area contributed by atoms with Gasteiger partial charge in [0.25, 0.3) is 5.91 Å². The maximum absolute atomic E-state index is 16.4. The first-order valence-corrected chi connectivity index (χ1v) is 19.3. The van der Waals surface area contributed by atoms with E-state index in [1.54, 1.807) is 24.5 Å². The molecular weight excluding hydrogens is 722 g/mol. The normalized spacial score (nSPS) is 28.6. The molecule has 4 aliphatic carbocycles. The average Bonchev–Trinajstić information content (AvgIpc) is 3.33. The topological polar surface area (TPSA) is 143 Å². The highest BCUT2D eigenvalue weighted by Gasteiger charge is 2.60. The van der Waals surface area contributed by atoms with E-state index in [0.29, 0.717) is 107 Å². The van der Waals surface area contributed by atoms with Crippen LogP contribution in [0.25, 0.3) is 0 Å². The number of rotatable bonds is 7. The number of carboxylic acid groups (broad SMARTS) is 1. The molecular formula is C39H43F4N7O5. The highest BCUT2D eigenvalue weighted by Crippen LogP contribution is 2.56. The zero-order chi connectivity index (χ0) is 38.1. The van der Waals surface area contributed by atoms with Crippen LogP contribution in [-0.2, 0) is 21.1 Å². The molecule has 6 fully saturated rings. The number of nitrogens with zero attached hydrogens (tertiary/aromatic N) is 6. The Morgan fingerprint density at radius 3 is 2.38 bits per heavy atom. The first-order valence-electron chi connectivity index (χ1n) is 19.3. The molecule has 292 valence electrons. The molecule has 10 rings (SSSR count). The molecule has 12 nitrogen and oxygen atoms in total. The third-order valence-electron chi connectivity index (χ3n) is 13.3. The SMILES string of the molecule is O=C(NC1(C(=O)O)C2CCC3CC(C2)CC1C3)c1cnc(N2CC3(CCOCC3)c3cc(OC4CCN(c5ncccn5)CC4)cc(F)c32)nc1C(F)(F)F. The van der Waals surface area contributed by atoms with E-state index < -0.39 is 52.0 Å². The van der Waals surface area contributed by atoms with Crippen molar-refractivity contribution >= 4 is 29.5 Å². The second-order valence-corrected chi connectivity index (χ2v) is 16.3. The summed E-state index contributed by atoms with van der Waals surface area (Å²) in [6.07, 6.45) is 5.48. The van der Waals surface area contributed by atoms with Crippen LogP contribution in [0.4, 0.5) is 35.1 Å². The van der Waals surface area contributed by atoms with Crippen molar-refractivity contribution in [1.82, 2.24) is 25.3 Å². The summed E-state index contributed by atoms with van der Waals surface area (Å²) in [5.41, 5.74) is -4.07. The number of hydrogen-bond donors (Lipinski definition) is 2. The monoisotopic (exact) mass is 765 g/mol. The molecule has 5 atom stereocenters. The molecule has 5 heterocycles. The number of aliphatic carboxylic acids is 1. The summed E-state index contributed by atoms with van der Waals surface area (Å²) < 4.78 is 72.9. The highest BCUT2D eigenvalue weighted by atomic mass is 19.4. The summed E-state index contributed by atoms with van der Waals surface area (Å²) in [4.78, 5) is 47.1. The standard InChI is InChI=1S/C39H43F4N7O5/c40-30-19-27(55-26-4-10-49(11-5-26)35-44-8-1-9-45-35)18-29-31(30)50(21-37(29)6-12-54-13-7-37)36-46-20-28(32(47-36)39(41,42)43)33(51)48-38(34(52)53)24-3-2-22-14-23(16-24)17-25(38)15-22/h1,8-9,18-20,22-26H,2-7,10-17,21H2,(H,48,51)(H,52,53). The molecule has 7 aliphatic rings. The Morgan fingerprint density at radius 2 is 1.65 bits per heavy atom.